The number of hydrogen-bond acceptors (Lipinski definition) is 9. The summed E-state index contributed by atoms with van der Waals surface area (Å²) in [5, 5.41) is 25.7. The van der Waals surface area contributed by atoms with Crippen molar-refractivity contribution in [2.75, 3.05) is 12.4 Å². The zero-order valence-electron chi connectivity index (χ0n) is 28.8. The van der Waals surface area contributed by atoms with Gasteiger partial charge in [0.2, 0.25) is 23.3 Å². The first-order valence-corrected chi connectivity index (χ1v) is 16.9. The standard InChI is InChI=1S/C24H17N3O4.C18H14N2O3/c28-22-16-10-4-6-12-18(16)26-21(22)20-17-11-5-7-13-19(17)27(23(20)29)14-31-24(30)25-15-8-2-1-3-9-15;1-23-10-20-14-9-5-3-7-12(14)15(18(20)22)16-17(21)11-6-2-4-8-13(11)19-16/h1-13,29H,14H2,(H,25,30);2-9,22H,10H2,1H3. The fourth-order valence-electron chi connectivity index (χ4n) is 6.70. The van der Waals surface area contributed by atoms with Gasteiger partial charge in [-0.1, -0.05) is 78.9 Å². The van der Waals surface area contributed by atoms with Crippen LogP contribution in [0.15, 0.2) is 137 Å². The summed E-state index contributed by atoms with van der Waals surface area (Å²) >= 11 is 0. The van der Waals surface area contributed by atoms with Gasteiger partial charge >= 0.3 is 6.09 Å². The van der Waals surface area contributed by atoms with E-state index in [2.05, 4.69) is 15.3 Å². The van der Waals surface area contributed by atoms with Crippen LogP contribution in [0.1, 0.15) is 31.8 Å². The van der Waals surface area contributed by atoms with Gasteiger partial charge in [0.1, 0.15) is 18.2 Å². The number of hydrogen-bond donors (Lipinski definition) is 3. The third-order valence-electron chi connectivity index (χ3n) is 9.16. The van der Waals surface area contributed by atoms with Crippen molar-refractivity contribution in [1.82, 2.24) is 9.13 Å². The number of Topliss-reactive ketones (excluding diaryl/α,β-unsaturated/α-hetero) is 2. The molecule has 54 heavy (non-hydrogen) atoms. The fourth-order valence-corrected chi connectivity index (χ4v) is 6.70. The molecule has 2 aliphatic heterocycles. The molecule has 0 fully saturated rings. The van der Waals surface area contributed by atoms with Crippen molar-refractivity contribution in [3.63, 3.8) is 0 Å². The van der Waals surface area contributed by atoms with Gasteiger partial charge in [-0.15, -0.1) is 0 Å². The zero-order valence-corrected chi connectivity index (χ0v) is 28.8. The molecule has 3 N–H and O–H groups in total. The number of carbonyl (C=O) groups excluding carboxylic acids is 3. The maximum Gasteiger partial charge on any atom is 0.413 e. The van der Waals surface area contributed by atoms with Crippen LogP contribution in [-0.4, -0.2) is 55.5 Å². The Hall–Kier alpha value is -7.31. The van der Waals surface area contributed by atoms with Gasteiger partial charge in [0, 0.05) is 34.7 Å². The van der Waals surface area contributed by atoms with Gasteiger partial charge in [-0.25, -0.2) is 14.8 Å². The van der Waals surface area contributed by atoms with Crippen LogP contribution < -0.4 is 5.32 Å². The molecule has 266 valence electrons. The summed E-state index contributed by atoms with van der Waals surface area (Å²) in [6.45, 7) is -0.0415. The van der Waals surface area contributed by atoms with Crippen LogP contribution in [0.2, 0.25) is 0 Å². The number of benzene rings is 5. The molecule has 4 heterocycles. The van der Waals surface area contributed by atoms with E-state index in [0.29, 0.717) is 50.2 Å². The average molecular weight is 718 g/mol. The molecule has 0 saturated carbocycles. The van der Waals surface area contributed by atoms with E-state index in [0.717, 1.165) is 10.9 Å². The Labute approximate surface area is 307 Å². The monoisotopic (exact) mass is 717 g/mol. The number of aliphatic imine (C=N–C) groups is 2. The van der Waals surface area contributed by atoms with Gasteiger partial charge in [-0.3, -0.25) is 24.0 Å². The molecule has 7 aromatic rings. The summed E-state index contributed by atoms with van der Waals surface area (Å²) in [5.41, 5.74) is 5.49. The van der Waals surface area contributed by atoms with Gasteiger partial charge in [-0.05, 0) is 48.5 Å². The maximum atomic E-state index is 12.9. The van der Waals surface area contributed by atoms with Crippen molar-refractivity contribution in [1.29, 1.82) is 0 Å². The summed E-state index contributed by atoms with van der Waals surface area (Å²) in [4.78, 5) is 46.7. The number of fused-ring (bicyclic) bond motifs is 4. The highest BCUT2D eigenvalue weighted by molar-refractivity contribution is 6.57. The van der Waals surface area contributed by atoms with E-state index in [-0.39, 0.29) is 48.2 Å². The number of para-hydroxylation sites is 5. The van der Waals surface area contributed by atoms with Gasteiger partial charge < -0.3 is 19.7 Å². The van der Waals surface area contributed by atoms with Crippen molar-refractivity contribution in [2.45, 2.75) is 13.5 Å². The highest BCUT2D eigenvalue weighted by Gasteiger charge is 2.32. The molecule has 12 nitrogen and oxygen atoms in total. The smallest absolute Gasteiger partial charge is 0.413 e. The van der Waals surface area contributed by atoms with Crippen LogP contribution >= 0.6 is 0 Å². The number of nitrogens with zero attached hydrogens (tertiary/aromatic N) is 4. The normalized spacial score (nSPS) is 12.9. The number of aromatic nitrogens is 2. The van der Waals surface area contributed by atoms with E-state index in [1.807, 2.05) is 48.5 Å². The largest absolute Gasteiger partial charge is 0.494 e. The van der Waals surface area contributed by atoms with Crippen LogP contribution in [0, 0.1) is 0 Å². The Morgan fingerprint density at radius 3 is 1.56 bits per heavy atom. The van der Waals surface area contributed by atoms with E-state index < -0.39 is 6.09 Å². The predicted molar refractivity (Wildman–Crippen MR) is 205 cm³/mol. The Kier molecular flexibility index (Phi) is 8.78. The molecular weight excluding hydrogens is 686 g/mol. The van der Waals surface area contributed by atoms with Crippen LogP contribution in [-0.2, 0) is 22.9 Å². The third kappa shape index (κ3) is 5.86. The first kappa shape index (κ1) is 33.8. The molecular formula is C42H31N5O7. The van der Waals surface area contributed by atoms with E-state index in [1.165, 1.54) is 4.57 Å². The van der Waals surface area contributed by atoms with Crippen LogP contribution in [0.25, 0.3) is 21.8 Å². The molecule has 0 atom stereocenters. The van der Waals surface area contributed by atoms with Crippen molar-refractivity contribution in [2.24, 2.45) is 9.98 Å². The highest BCUT2D eigenvalue weighted by Crippen LogP contribution is 2.39. The quantitative estimate of drug-likeness (QED) is 0.150. The fraction of sp³-hybridized carbons (Fsp3) is 0.0714. The molecule has 9 rings (SSSR count). The molecule has 0 unspecified atom stereocenters. The number of methoxy groups -OCH3 is 1. The molecule has 0 radical (unpaired) electrons. The second-order valence-corrected chi connectivity index (χ2v) is 12.4. The molecule has 12 heteroatoms. The van der Waals surface area contributed by atoms with E-state index >= 15 is 0 Å². The van der Waals surface area contributed by atoms with Crippen LogP contribution in [0.5, 0.6) is 11.8 Å². The molecule has 0 aliphatic carbocycles. The number of carbonyl (C=O) groups is 3. The van der Waals surface area contributed by atoms with Crippen molar-refractivity contribution < 1.29 is 34.1 Å². The summed E-state index contributed by atoms with van der Waals surface area (Å²) in [7, 11) is 1.56. The van der Waals surface area contributed by atoms with Gasteiger partial charge in [0.15, 0.2) is 6.73 Å². The maximum absolute atomic E-state index is 12.9. The minimum absolute atomic E-state index is 0.00652. The summed E-state index contributed by atoms with van der Waals surface area (Å²) in [5.74, 6) is -0.616. The second-order valence-electron chi connectivity index (χ2n) is 12.4. The lowest BCUT2D eigenvalue weighted by molar-refractivity contribution is 0.106. The molecule has 0 spiro atoms. The van der Waals surface area contributed by atoms with Gasteiger partial charge in [0.25, 0.3) is 0 Å². The number of amides is 1. The van der Waals surface area contributed by atoms with E-state index in [4.69, 9.17) is 9.47 Å². The number of ketones is 2. The highest BCUT2D eigenvalue weighted by atomic mass is 16.6. The number of anilines is 1. The molecule has 0 bridgehead atoms. The Balaban J connectivity index is 0.000000160. The minimum Gasteiger partial charge on any atom is -0.494 e. The third-order valence-corrected chi connectivity index (χ3v) is 9.16. The second kappa shape index (κ2) is 14.0. The van der Waals surface area contributed by atoms with Crippen LogP contribution in [0.3, 0.4) is 0 Å². The van der Waals surface area contributed by atoms with Crippen molar-refractivity contribution >= 4 is 68.0 Å². The minimum atomic E-state index is -0.661. The molecule has 5 aromatic carbocycles. The predicted octanol–water partition coefficient (Wildman–Crippen LogP) is 8.14. The Morgan fingerprint density at radius 2 is 1.06 bits per heavy atom. The van der Waals surface area contributed by atoms with E-state index in [1.54, 1.807) is 90.5 Å². The lowest BCUT2D eigenvalue weighted by atomic mass is 10.0. The number of nitrogens with one attached hydrogen (secondary N) is 1. The number of rotatable bonds is 7. The summed E-state index contributed by atoms with van der Waals surface area (Å²) in [6.07, 6.45) is -0.661. The lowest BCUT2D eigenvalue weighted by Crippen LogP contribution is -2.16. The Morgan fingerprint density at radius 1 is 0.611 bits per heavy atom. The first-order valence-electron chi connectivity index (χ1n) is 16.9. The molecule has 1 amide bonds. The van der Waals surface area contributed by atoms with Gasteiger partial charge in [-0.2, -0.15) is 0 Å². The van der Waals surface area contributed by atoms with Crippen molar-refractivity contribution in [3.8, 4) is 11.8 Å². The summed E-state index contributed by atoms with van der Waals surface area (Å²) < 4.78 is 13.5. The Bertz CT molecular complexity index is 2690. The number of aromatic hydroxyl groups is 2. The van der Waals surface area contributed by atoms with Crippen LogP contribution in [0.4, 0.5) is 21.9 Å². The summed E-state index contributed by atoms with van der Waals surface area (Å²) in [6, 6.07) is 37.8. The van der Waals surface area contributed by atoms with Gasteiger partial charge in [0.05, 0.1) is 33.5 Å². The topological polar surface area (TPSA) is 157 Å². The van der Waals surface area contributed by atoms with E-state index in [9.17, 15) is 24.6 Å². The van der Waals surface area contributed by atoms with Crippen molar-refractivity contribution in [3.05, 3.63) is 150 Å². The SMILES string of the molecule is COCn1c(O)c(C2=Nc3ccccc3C2=O)c2ccccc21.O=C(Nc1ccccc1)OCn1c(O)c(C2=Nc3ccccc3C2=O)c2ccccc21. The average Bonchev–Trinajstić information content (AvgIpc) is 3.88. The molecule has 2 aromatic heterocycles. The molecule has 0 saturated heterocycles. The molecule has 2 aliphatic rings. The first-order chi connectivity index (χ1) is 26.4. The number of ether oxygens (including phenoxy) is 2. The zero-order chi connectivity index (χ0) is 37.3. The lowest BCUT2D eigenvalue weighted by Gasteiger charge is -2.10.